The van der Waals surface area contributed by atoms with Gasteiger partial charge in [-0.05, 0) is 24.3 Å². The summed E-state index contributed by atoms with van der Waals surface area (Å²) in [6.07, 6.45) is 0.436. The summed E-state index contributed by atoms with van der Waals surface area (Å²) < 4.78 is 12.7. The molecule has 0 spiro atoms. The predicted octanol–water partition coefficient (Wildman–Crippen LogP) is 1.39. The molecule has 2 rings (SSSR count). The van der Waals surface area contributed by atoms with Crippen molar-refractivity contribution in [1.82, 2.24) is 5.32 Å². The molecule has 1 fully saturated rings. The van der Waals surface area contributed by atoms with Gasteiger partial charge in [0.1, 0.15) is 11.9 Å². The zero-order valence-electron chi connectivity index (χ0n) is 9.61. The largest absolute Gasteiger partial charge is 0.343 e. The topological polar surface area (TPSA) is 58.2 Å². The van der Waals surface area contributed by atoms with Gasteiger partial charge in [-0.25, -0.2) is 4.39 Å². The number of halogens is 1. The molecule has 1 unspecified atom stereocenters. The van der Waals surface area contributed by atoms with Crippen molar-refractivity contribution in [2.75, 3.05) is 16.8 Å². The second kappa shape index (κ2) is 5.86. The van der Waals surface area contributed by atoms with E-state index in [-0.39, 0.29) is 17.6 Å². The fourth-order valence-corrected chi connectivity index (χ4v) is 2.54. The highest BCUT2D eigenvalue weighted by atomic mass is 32.2. The van der Waals surface area contributed by atoms with Gasteiger partial charge in [0.2, 0.25) is 11.8 Å². The second-order valence-corrected chi connectivity index (χ2v) is 5.09. The molecule has 1 aromatic carbocycles. The van der Waals surface area contributed by atoms with Gasteiger partial charge in [-0.2, -0.15) is 11.8 Å². The van der Waals surface area contributed by atoms with Crippen molar-refractivity contribution in [3.8, 4) is 0 Å². The summed E-state index contributed by atoms with van der Waals surface area (Å²) in [6, 6.07) is 4.99. The molecule has 6 heteroatoms. The molecule has 2 amide bonds. The van der Waals surface area contributed by atoms with Crippen molar-refractivity contribution >= 4 is 29.3 Å². The van der Waals surface area contributed by atoms with E-state index in [1.807, 2.05) is 0 Å². The van der Waals surface area contributed by atoms with Crippen molar-refractivity contribution in [2.24, 2.45) is 0 Å². The number of hydrogen-bond donors (Lipinski definition) is 2. The molecule has 1 aliphatic heterocycles. The maximum atomic E-state index is 12.7. The van der Waals surface area contributed by atoms with Crippen molar-refractivity contribution in [2.45, 2.75) is 12.5 Å². The number of hydrogen-bond acceptors (Lipinski definition) is 3. The lowest BCUT2D eigenvalue weighted by Crippen LogP contribution is -2.44. The summed E-state index contributed by atoms with van der Waals surface area (Å²) in [5.41, 5.74) is 0.518. The summed E-state index contributed by atoms with van der Waals surface area (Å²) in [6.45, 7) is 0. The Morgan fingerprint density at radius 3 is 2.83 bits per heavy atom. The molecule has 96 valence electrons. The molecule has 1 aliphatic rings. The normalized spacial score (nSPS) is 19.8. The first-order valence-corrected chi connectivity index (χ1v) is 6.74. The first-order chi connectivity index (χ1) is 8.65. The Morgan fingerprint density at radius 1 is 1.39 bits per heavy atom. The van der Waals surface area contributed by atoms with E-state index in [1.165, 1.54) is 24.3 Å². The molecule has 1 saturated heterocycles. The van der Waals surface area contributed by atoms with Gasteiger partial charge >= 0.3 is 0 Å². The lowest BCUT2D eigenvalue weighted by molar-refractivity contribution is -0.125. The zero-order chi connectivity index (χ0) is 13.0. The number of benzene rings is 1. The van der Waals surface area contributed by atoms with Gasteiger partial charge in [0, 0.05) is 23.6 Å². The Balaban J connectivity index is 1.98. The van der Waals surface area contributed by atoms with E-state index < -0.39 is 6.04 Å². The van der Waals surface area contributed by atoms with Gasteiger partial charge in [0.05, 0.1) is 0 Å². The van der Waals surface area contributed by atoms with E-state index in [2.05, 4.69) is 10.6 Å². The number of anilines is 1. The van der Waals surface area contributed by atoms with Crippen LogP contribution in [0.25, 0.3) is 0 Å². The van der Waals surface area contributed by atoms with Crippen LogP contribution >= 0.6 is 11.8 Å². The number of carbonyl (C=O) groups excluding carboxylic acids is 2. The van der Waals surface area contributed by atoms with E-state index in [9.17, 15) is 14.0 Å². The second-order valence-electron chi connectivity index (χ2n) is 3.94. The SMILES string of the molecule is O=C1CCSCC(C(=O)Nc2ccc(F)cc2)N1. The van der Waals surface area contributed by atoms with Crippen molar-refractivity contribution in [3.63, 3.8) is 0 Å². The minimum atomic E-state index is -0.532. The van der Waals surface area contributed by atoms with Crippen LogP contribution in [0.1, 0.15) is 6.42 Å². The minimum absolute atomic E-state index is 0.112. The van der Waals surface area contributed by atoms with Crippen LogP contribution in [-0.2, 0) is 9.59 Å². The fraction of sp³-hybridized carbons (Fsp3) is 0.333. The summed E-state index contributed by atoms with van der Waals surface area (Å²) in [5.74, 6) is 0.542. The highest BCUT2D eigenvalue weighted by Gasteiger charge is 2.23. The Kier molecular flexibility index (Phi) is 4.19. The maximum absolute atomic E-state index is 12.7. The third kappa shape index (κ3) is 3.46. The Bertz CT molecular complexity index is 450. The monoisotopic (exact) mass is 268 g/mol. The van der Waals surface area contributed by atoms with E-state index in [0.717, 1.165) is 5.75 Å². The van der Waals surface area contributed by atoms with Gasteiger partial charge in [-0.15, -0.1) is 0 Å². The molecule has 0 bridgehead atoms. The van der Waals surface area contributed by atoms with Gasteiger partial charge in [-0.1, -0.05) is 0 Å². The molecule has 1 heterocycles. The maximum Gasteiger partial charge on any atom is 0.247 e. The van der Waals surface area contributed by atoms with Crippen molar-refractivity contribution < 1.29 is 14.0 Å². The van der Waals surface area contributed by atoms with Crippen molar-refractivity contribution in [1.29, 1.82) is 0 Å². The first kappa shape index (κ1) is 12.9. The highest BCUT2D eigenvalue weighted by molar-refractivity contribution is 7.99. The van der Waals surface area contributed by atoms with Gasteiger partial charge < -0.3 is 10.6 Å². The Hall–Kier alpha value is -1.56. The van der Waals surface area contributed by atoms with Crippen molar-refractivity contribution in [3.05, 3.63) is 30.1 Å². The van der Waals surface area contributed by atoms with Gasteiger partial charge in [0.25, 0.3) is 0 Å². The molecule has 1 aromatic rings. The van der Waals surface area contributed by atoms with Gasteiger partial charge in [-0.3, -0.25) is 9.59 Å². The predicted molar refractivity (Wildman–Crippen MR) is 68.9 cm³/mol. The molecule has 0 aromatic heterocycles. The van der Waals surface area contributed by atoms with Crippen LogP contribution < -0.4 is 10.6 Å². The number of rotatable bonds is 2. The molecule has 4 nitrogen and oxygen atoms in total. The third-order valence-electron chi connectivity index (χ3n) is 2.52. The summed E-state index contributed by atoms with van der Waals surface area (Å²) in [7, 11) is 0. The molecular weight excluding hydrogens is 255 g/mol. The number of carbonyl (C=O) groups is 2. The molecule has 0 aliphatic carbocycles. The van der Waals surface area contributed by atoms with Crippen LogP contribution in [0, 0.1) is 5.82 Å². The molecule has 2 N–H and O–H groups in total. The quantitative estimate of drug-likeness (QED) is 0.852. The molecule has 0 radical (unpaired) electrons. The molecular formula is C12H13FN2O2S. The minimum Gasteiger partial charge on any atom is -0.343 e. The highest BCUT2D eigenvalue weighted by Crippen LogP contribution is 2.13. The van der Waals surface area contributed by atoms with Crippen LogP contribution in [0.2, 0.25) is 0 Å². The summed E-state index contributed by atoms with van der Waals surface area (Å²) in [4.78, 5) is 23.3. The molecule has 1 atom stereocenters. The van der Waals surface area contributed by atoms with Crippen LogP contribution in [-0.4, -0.2) is 29.4 Å². The first-order valence-electron chi connectivity index (χ1n) is 5.59. The Morgan fingerprint density at radius 2 is 2.11 bits per heavy atom. The smallest absolute Gasteiger partial charge is 0.247 e. The third-order valence-corrected chi connectivity index (χ3v) is 3.58. The van der Waals surface area contributed by atoms with Crippen LogP contribution in [0.15, 0.2) is 24.3 Å². The van der Waals surface area contributed by atoms with Crippen LogP contribution in [0.5, 0.6) is 0 Å². The van der Waals surface area contributed by atoms with Crippen LogP contribution in [0.4, 0.5) is 10.1 Å². The number of nitrogens with one attached hydrogen (secondary N) is 2. The fourth-order valence-electron chi connectivity index (χ4n) is 1.58. The molecule has 18 heavy (non-hydrogen) atoms. The molecule has 0 saturated carbocycles. The standard InChI is InChI=1S/C12H13FN2O2S/c13-8-1-3-9(4-2-8)14-12(17)10-7-18-6-5-11(16)15-10/h1-4,10H,5-7H2,(H,14,17)(H,15,16). The Labute approximate surface area is 108 Å². The summed E-state index contributed by atoms with van der Waals surface area (Å²) in [5, 5.41) is 5.32. The van der Waals surface area contributed by atoms with Gasteiger partial charge in [0.15, 0.2) is 0 Å². The lowest BCUT2D eigenvalue weighted by Gasteiger charge is -2.15. The van der Waals surface area contributed by atoms with E-state index in [4.69, 9.17) is 0 Å². The summed E-state index contributed by atoms with van der Waals surface area (Å²) >= 11 is 1.56. The number of thioether (sulfide) groups is 1. The van der Waals surface area contributed by atoms with E-state index in [0.29, 0.717) is 17.9 Å². The zero-order valence-corrected chi connectivity index (χ0v) is 10.4. The van der Waals surface area contributed by atoms with E-state index in [1.54, 1.807) is 11.8 Å². The average Bonchev–Trinajstić information content (AvgIpc) is 2.57. The lowest BCUT2D eigenvalue weighted by atomic mass is 10.2. The average molecular weight is 268 g/mol. The van der Waals surface area contributed by atoms with E-state index >= 15 is 0 Å². The number of amides is 2. The van der Waals surface area contributed by atoms with Crippen LogP contribution in [0.3, 0.4) is 0 Å².